The van der Waals surface area contributed by atoms with E-state index < -0.39 is 5.54 Å². The molecule has 1 aromatic rings. The Morgan fingerprint density at radius 3 is 2.26 bits per heavy atom. The predicted octanol–water partition coefficient (Wildman–Crippen LogP) is 1.41. The number of aryl methyl sites for hydroxylation is 1. The lowest BCUT2D eigenvalue weighted by atomic mass is 9.87. The first-order valence-corrected chi connectivity index (χ1v) is 7.95. The van der Waals surface area contributed by atoms with Crippen molar-refractivity contribution in [2.45, 2.75) is 31.7 Å². The number of rotatable bonds is 2. The number of piperidine rings is 1. The van der Waals surface area contributed by atoms with Crippen LogP contribution in [0.25, 0.3) is 0 Å². The molecule has 0 aliphatic carbocycles. The number of likely N-dealkylation sites (tertiary alicyclic amines) is 1. The van der Waals surface area contributed by atoms with Gasteiger partial charge in [-0.25, -0.2) is 4.79 Å². The van der Waals surface area contributed by atoms with Crippen LogP contribution in [0, 0.1) is 0 Å². The number of hydrogen-bond acceptors (Lipinski definition) is 3. The number of carbonyl (C=O) groups excluding carboxylic acids is 3. The van der Waals surface area contributed by atoms with Gasteiger partial charge in [0, 0.05) is 25.7 Å². The van der Waals surface area contributed by atoms with Crippen molar-refractivity contribution in [2.75, 3.05) is 20.1 Å². The van der Waals surface area contributed by atoms with Gasteiger partial charge in [-0.3, -0.25) is 14.5 Å². The van der Waals surface area contributed by atoms with Gasteiger partial charge in [-0.1, -0.05) is 19.1 Å². The summed E-state index contributed by atoms with van der Waals surface area (Å²) in [5.74, 6) is -0.213. The average Bonchev–Trinajstić information content (AvgIpc) is 2.79. The van der Waals surface area contributed by atoms with Crippen molar-refractivity contribution in [1.29, 1.82) is 0 Å². The van der Waals surface area contributed by atoms with Crippen LogP contribution >= 0.6 is 0 Å². The predicted molar refractivity (Wildman–Crippen MR) is 85.0 cm³/mol. The molecule has 0 bridgehead atoms. The van der Waals surface area contributed by atoms with E-state index in [9.17, 15) is 14.4 Å². The van der Waals surface area contributed by atoms with E-state index in [1.807, 2.05) is 24.3 Å². The molecule has 2 heterocycles. The maximum absolute atomic E-state index is 12.6. The number of urea groups is 1. The second kappa shape index (κ2) is 5.68. The minimum atomic E-state index is -0.825. The molecule has 1 spiro atoms. The van der Waals surface area contributed by atoms with Crippen LogP contribution in [0.1, 0.15) is 35.7 Å². The van der Waals surface area contributed by atoms with Gasteiger partial charge in [0.05, 0.1) is 0 Å². The number of amides is 4. The lowest BCUT2D eigenvalue weighted by molar-refractivity contribution is -0.131. The molecule has 6 nitrogen and oxygen atoms in total. The molecule has 0 unspecified atom stereocenters. The Morgan fingerprint density at radius 2 is 1.78 bits per heavy atom. The first-order chi connectivity index (χ1) is 11.0. The molecule has 2 aliphatic heterocycles. The maximum atomic E-state index is 12.6. The molecule has 122 valence electrons. The number of imide groups is 1. The zero-order valence-electron chi connectivity index (χ0n) is 13.5. The van der Waals surface area contributed by atoms with Crippen LogP contribution in [-0.4, -0.2) is 53.3 Å². The van der Waals surface area contributed by atoms with Crippen molar-refractivity contribution in [2.24, 2.45) is 0 Å². The van der Waals surface area contributed by atoms with E-state index >= 15 is 0 Å². The second-order valence-electron chi connectivity index (χ2n) is 6.22. The van der Waals surface area contributed by atoms with Crippen LogP contribution in [0.2, 0.25) is 0 Å². The Hall–Kier alpha value is -2.37. The van der Waals surface area contributed by atoms with Gasteiger partial charge in [-0.05, 0) is 37.0 Å². The van der Waals surface area contributed by atoms with E-state index in [1.165, 1.54) is 12.6 Å². The monoisotopic (exact) mass is 315 g/mol. The first kappa shape index (κ1) is 15.5. The van der Waals surface area contributed by atoms with Crippen molar-refractivity contribution in [1.82, 2.24) is 15.1 Å². The van der Waals surface area contributed by atoms with Gasteiger partial charge in [0.1, 0.15) is 5.54 Å². The Balaban J connectivity index is 1.68. The van der Waals surface area contributed by atoms with Gasteiger partial charge in [0.15, 0.2) is 0 Å². The van der Waals surface area contributed by atoms with E-state index in [2.05, 4.69) is 12.2 Å². The molecule has 23 heavy (non-hydrogen) atoms. The normalized spacial score (nSPS) is 20.1. The van der Waals surface area contributed by atoms with Gasteiger partial charge in [-0.2, -0.15) is 0 Å². The molecule has 0 radical (unpaired) electrons. The third-order valence-electron chi connectivity index (χ3n) is 4.88. The molecule has 0 atom stereocenters. The van der Waals surface area contributed by atoms with Crippen molar-refractivity contribution in [3.63, 3.8) is 0 Å². The van der Waals surface area contributed by atoms with Crippen molar-refractivity contribution in [3.05, 3.63) is 35.4 Å². The standard InChI is InChI=1S/C17H21N3O3/c1-3-12-4-6-13(7-5-12)14(21)20-10-8-17(9-11-20)15(22)19(2)16(23)18-17/h4-7H,3,8-11H2,1-2H3,(H,18,23). The summed E-state index contributed by atoms with van der Waals surface area (Å²) in [6.07, 6.45) is 1.86. The van der Waals surface area contributed by atoms with Gasteiger partial charge in [-0.15, -0.1) is 0 Å². The molecule has 4 amide bonds. The summed E-state index contributed by atoms with van der Waals surface area (Å²) in [4.78, 5) is 39.4. The zero-order chi connectivity index (χ0) is 16.6. The largest absolute Gasteiger partial charge is 0.338 e. The smallest absolute Gasteiger partial charge is 0.324 e. The number of hydrogen-bond donors (Lipinski definition) is 1. The second-order valence-corrected chi connectivity index (χ2v) is 6.22. The molecule has 2 fully saturated rings. The fraction of sp³-hybridized carbons (Fsp3) is 0.471. The van der Waals surface area contributed by atoms with Crippen LogP contribution in [0.5, 0.6) is 0 Å². The van der Waals surface area contributed by atoms with Gasteiger partial charge in [0.25, 0.3) is 11.8 Å². The van der Waals surface area contributed by atoms with Crippen LogP contribution in [-0.2, 0) is 11.2 Å². The summed E-state index contributed by atoms with van der Waals surface area (Å²) in [6, 6.07) is 7.27. The van der Waals surface area contributed by atoms with E-state index in [0.29, 0.717) is 31.5 Å². The van der Waals surface area contributed by atoms with E-state index in [1.54, 1.807) is 4.90 Å². The molecule has 2 aliphatic rings. The molecule has 1 N–H and O–H groups in total. The summed E-state index contributed by atoms with van der Waals surface area (Å²) in [6.45, 7) is 3.01. The Kier molecular flexibility index (Phi) is 3.83. The molecular formula is C17H21N3O3. The number of carbonyl (C=O) groups is 3. The van der Waals surface area contributed by atoms with E-state index in [0.717, 1.165) is 11.3 Å². The number of nitrogens with zero attached hydrogens (tertiary/aromatic N) is 2. The highest BCUT2D eigenvalue weighted by atomic mass is 16.2. The summed E-state index contributed by atoms with van der Waals surface area (Å²) in [5, 5.41) is 2.78. The third kappa shape index (κ3) is 2.58. The van der Waals surface area contributed by atoms with Crippen LogP contribution in [0.3, 0.4) is 0 Å². The highest BCUT2D eigenvalue weighted by molar-refractivity contribution is 6.07. The number of likely N-dealkylation sites (N-methyl/N-ethyl adjacent to an activating group) is 1. The Labute approximate surface area is 135 Å². The molecular weight excluding hydrogens is 294 g/mol. The number of benzene rings is 1. The minimum absolute atomic E-state index is 0.0207. The van der Waals surface area contributed by atoms with Gasteiger partial charge >= 0.3 is 6.03 Å². The SMILES string of the molecule is CCc1ccc(C(=O)N2CCC3(CC2)NC(=O)N(C)C3=O)cc1. The van der Waals surface area contributed by atoms with Crippen LogP contribution in [0.15, 0.2) is 24.3 Å². The fourth-order valence-electron chi connectivity index (χ4n) is 3.25. The number of nitrogens with one attached hydrogen (secondary N) is 1. The Morgan fingerprint density at radius 1 is 1.17 bits per heavy atom. The van der Waals surface area contributed by atoms with Gasteiger partial charge in [0.2, 0.25) is 0 Å². The summed E-state index contributed by atoms with van der Waals surface area (Å²) >= 11 is 0. The average molecular weight is 315 g/mol. The van der Waals surface area contributed by atoms with Crippen molar-refractivity contribution < 1.29 is 14.4 Å². The summed E-state index contributed by atoms with van der Waals surface area (Å²) in [5.41, 5.74) is 1.04. The highest BCUT2D eigenvalue weighted by Crippen LogP contribution is 2.29. The quantitative estimate of drug-likeness (QED) is 0.839. The molecule has 0 saturated carbocycles. The third-order valence-corrected chi connectivity index (χ3v) is 4.88. The zero-order valence-corrected chi connectivity index (χ0v) is 13.5. The summed E-state index contributed by atoms with van der Waals surface area (Å²) in [7, 11) is 1.49. The molecule has 6 heteroatoms. The lowest BCUT2D eigenvalue weighted by Gasteiger charge is -2.37. The van der Waals surface area contributed by atoms with Crippen molar-refractivity contribution in [3.8, 4) is 0 Å². The van der Waals surface area contributed by atoms with Crippen LogP contribution in [0.4, 0.5) is 4.79 Å². The Bertz CT molecular complexity index is 646. The molecule has 2 saturated heterocycles. The minimum Gasteiger partial charge on any atom is -0.338 e. The van der Waals surface area contributed by atoms with Gasteiger partial charge < -0.3 is 10.2 Å². The van der Waals surface area contributed by atoms with E-state index in [4.69, 9.17) is 0 Å². The maximum Gasteiger partial charge on any atom is 0.324 e. The molecule has 1 aromatic carbocycles. The van der Waals surface area contributed by atoms with Crippen molar-refractivity contribution >= 4 is 17.8 Å². The van der Waals surface area contributed by atoms with E-state index in [-0.39, 0.29) is 17.8 Å². The first-order valence-electron chi connectivity index (χ1n) is 7.95. The summed E-state index contributed by atoms with van der Waals surface area (Å²) < 4.78 is 0. The fourth-order valence-corrected chi connectivity index (χ4v) is 3.25. The van der Waals surface area contributed by atoms with Crippen LogP contribution < -0.4 is 5.32 Å². The lowest BCUT2D eigenvalue weighted by Crippen LogP contribution is -2.55. The molecule has 3 rings (SSSR count). The molecule has 0 aromatic heterocycles. The topological polar surface area (TPSA) is 69.7 Å². The highest BCUT2D eigenvalue weighted by Gasteiger charge is 2.51.